The number of carbonyl (C=O) groups excluding carboxylic acids is 1. The van der Waals surface area contributed by atoms with Crippen LogP contribution in [0.4, 0.5) is 5.82 Å². The van der Waals surface area contributed by atoms with Crippen LogP contribution in [0.5, 0.6) is 0 Å². The van der Waals surface area contributed by atoms with Crippen molar-refractivity contribution in [1.29, 1.82) is 0 Å². The molecule has 0 bridgehead atoms. The lowest BCUT2D eigenvalue weighted by atomic mass is 10.3. The van der Waals surface area contributed by atoms with Crippen molar-refractivity contribution >= 4 is 11.7 Å². The molecule has 0 saturated heterocycles. The maximum Gasteiger partial charge on any atom is 0.289 e. The van der Waals surface area contributed by atoms with Gasteiger partial charge in [-0.1, -0.05) is 0 Å². The van der Waals surface area contributed by atoms with Gasteiger partial charge in [-0.15, -0.1) is 0 Å². The van der Waals surface area contributed by atoms with Crippen LogP contribution in [0.2, 0.25) is 0 Å². The molecule has 0 radical (unpaired) electrons. The second-order valence-corrected chi connectivity index (χ2v) is 3.88. The third-order valence-electron chi connectivity index (χ3n) is 2.46. The fraction of sp³-hybridized carbons (Fsp3) is 0.250. The van der Waals surface area contributed by atoms with E-state index in [1.165, 1.54) is 0 Å². The summed E-state index contributed by atoms with van der Waals surface area (Å²) in [5, 5.41) is 5.64. The Labute approximate surface area is 105 Å². The number of hydrogen-bond donors (Lipinski definition) is 2. The zero-order valence-electron chi connectivity index (χ0n) is 10.3. The van der Waals surface area contributed by atoms with Crippen molar-refractivity contribution in [3.8, 4) is 0 Å². The van der Waals surface area contributed by atoms with Gasteiger partial charge in [-0.2, -0.15) is 0 Å². The predicted octanol–water partition coefficient (Wildman–Crippen LogP) is 0.787. The minimum absolute atomic E-state index is 0.165. The molecule has 2 rings (SSSR count). The Morgan fingerprint density at radius 1 is 1.44 bits per heavy atom. The van der Waals surface area contributed by atoms with E-state index in [1.54, 1.807) is 19.3 Å². The van der Waals surface area contributed by atoms with Crippen molar-refractivity contribution in [1.82, 2.24) is 19.9 Å². The molecule has 6 nitrogen and oxygen atoms in total. The van der Waals surface area contributed by atoms with E-state index in [-0.39, 0.29) is 11.7 Å². The summed E-state index contributed by atoms with van der Waals surface area (Å²) in [5.41, 5.74) is 1.04. The summed E-state index contributed by atoms with van der Waals surface area (Å²) in [4.78, 5) is 19.8. The van der Waals surface area contributed by atoms with Gasteiger partial charge in [0.05, 0.1) is 0 Å². The lowest BCUT2D eigenvalue weighted by Gasteiger charge is -2.04. The van der Waals surface area contributed by atoms with Crippen molar-refractivity contribution in [3.05, 3.63) is 42.1 Å². The number of nitrogens with zero attached hydrogens (tertiary/aromatic N) is 3. The molecule has 1 amide bonds. The van der Waals surface area contributed by atoms with E-state index in [4.69, 9.17) is 0 Å². The van der Waals surface area contributed by atoms with Crippen LogP contribution < -0.4 is 10.6 Å². The first-order valence-corrected chi connectivity index (χ1v) is 5.59. The first kappa shape index (κ1) is 12.1. The van der Waals surface area contributed by atoms with Gasteiger partial charge >= 0.3 is 0 Å². The Morgan fingerprint density at radius 2 is 2.28 bits per heavy atom. The maximum atomic E-state index is 11.8. The second kappa shape index (κ2) is 5.31. The van der Waals surface area contributed by atoms with Gasteiger partial charge in [0.15, 0.2) is 0 Å². The summed E-state index contributed by atoms with van der Waals surface area (Å²) in [5.74, 6) is 0.503. The molecule has 18 heavy (non-hydrogen) atoms. The number of nitrogens with one attached hydrogen (secondary N) is 2. The van der Waals surface area contributed by atoms with Gasteiger partial charge < -0.3 is 15.2 Å². The van der Waals surface area contributed by atoms with Crippen LogP contribution in [0, 0.1) is 0 Å². The van der Waals surface area contributed by atoms with Gasteiger partial charge in [-0.05, 0) is 17.7 Å². The largest absolute Gasteiger partial charge is 0.373 e. The molecule has 0 spiro atoms. The molecular weight excluding hydrogens is 230 g/mol. The van der Waals surface area contributed by atoms with E-state index in [1.807, 2.05) is 30.1 Å². The van der Waals surface area contributed by atoms with Crippen molar-refractivity contribution < 1.29 is 4.79 Å². The van der Waals surface area contributed by atoms with Gasteiger partial charge in [0.2, 0.25) is 5.82 Å². The van der Waals surface area contributed by atoms with Gasteiger partial charge in [-0.3, -0.25) is 4.79 Å². The van der Waals surface area contributed by atoms with Crippen LogP contribution in [0.25, 0.3) is 0 Å². The topological polar surface area (TPSA) is 71.8 Å². The average molecular weight is 245 g/mol. The Balaban J connectivity index is 1.99. The Bertz CT molecular complexity index is 549. The molecule has 2 N–H and O–H groups in total. The molecule has 2 aromatic rings. The summed E-state index contributed by atoms with van der Waals surface area (Å²) >= 11 is 0. The van der Waals surface area contributed by atoms with Crippen LogP contribution in [0.1, 0.15) is 16.2 Å². The monoisotopic (exact) mass is 245 g/mol. The summed E-state index contributed by atoms with van der Waals surface area (Å²) in [6.45, 7) is 0.465. The molecule has 0 aromatic carbocycles. The first-order chi connectivity index (χ1) is 8.69. The van der Waals surface area contributed by atoms with Crippen LogP contribution >= 0.6 is 0 Å². The quantitative estimate of drug-likeness (QED) is 0.835. The summed E-state index contributed by atoms with van der Waals surface area (Å²) in [6.07, 6.45) is 5.43. The molecular formula is C12H15N5O. The number of amides is 1. The lowest BCUT2D eigenvalue weighted by Crippen LogP contribution is -2.25. The van der Waals surface area contributed by atoms with E-state index in [0.717, 1.165) is 5.56 Å². The average Bonchev–Trinajstić information content (AvgIpc) is 2.82. The molecule has 0 saturated carbocycles. The van der Waals surface area contributed by atoms with Crippen molar-refractivity contribution in [2.75, 3.05) is 12.4 Å². The normalized spacial score (nSPS) is 10.1. The molecule has 2 aromatic heterocycles. The number of aryl methyl sites for hydroxylation is 1. The fourth-order valence-electron chi connectivity index (χ4n) is 1.53. The summed E-state index contributed by atoms with van der Waals surface area (Å²) < 4.78 is 1.93. The first-order valence-electron chi connectivity index (χ1n) is 5.59. The Morgan fingerprint density at radius 3 is 2.94 bits per heavy atom. The number of carbonyl (C=O) groups is 1. The third kappa shape index (κ3) is 2.85. The van der Waals surface area contributed by atoms with E-state index in [9.17, 15) is 4.79 Å². The van der Waals surface area contributed by atoms with E-state index < -0.39 is 0 Å². The Hall–Kier alpha value is -2.37. The zero-order valence-corrected chi connectivity index (χ0v) is 10.3. The van der Waals surface area contributed by atoms with Gasteiger partial charge in [-0.25, -0.2) is 9.97 Å². The number of anilines is 1. The van der Waals surface area contributed by atoms with Crippen molar-refractivity contribution in [3.63, 3.8) is 0 Å². The lowest BCUT2D eigenvalue weighted by molar-refractivity contribution is 0.0940. The molecule has 0 aliphatic heterocycles. The number of rotatable bonds is 4. The second-order valence-electron chi connectivity index (χ2n) is 3.88. The highest BCUT2D eigenvalue weighted by Gasteiger charge is 2.09. The zero-order chi connectivity index (χ0) is 13.0. The molecule has 0 fully saturated rings. The fourth-order valence-corrected chi connectivity index (χ4v) is 1.53. The SMILES string of the molecule is CNc1ccnc(C(=O)NCc2ccn(C)c2)n1. The molecule has 0 atom stereocenters. The molecule has 94 valence electrons. The number of hydrogen-bond acceptors (Lipinski definition) is 4. The minimum Gasteiger partial charge on any atom is -0.373 e. The molecule has 6 heteroatoms. The van der Waals surface area contributed by atoms with Gasteiger partial charge in [0, 0.05) is 39.2 Å². The smallest absolute Gasteiger partial charge is 0.289 e. The van der Waals surface area contributed by atoms with E-state index in [2.05, 4.69) is 20.6 Å². The molecule has 0 unspecified atom stereocenters. The standard InChI is InChI=1S/C12H15N5O/c1-13-10-3-5-14-11(16-10)12(18)15-7-9-4-6-17(2)8-9/h3-6,8H,7H2,1-2H3,(H,15,18)(H,13,14,16). The highest BCUT2D eigenvalue weighted by Crippen LogP contribution is 2.02. The minimum atomic E-state index is -0.282. The van der Waals surface area contributed by atoms with Crippen LogP contribution in [-0.2, 0) is 13.6 Å². The van der Waals surface area contributed by atoms with E-state index >= 15 is 0 Å². The van der Waals surface area contributed by atoms with Crippen LogP contribution in [-0.4, -0.2) is 27.5 Å². The van der Waals surface area contributed by atoms with Crippen LogP contribution in [0.3, 0.4) is 0 Å². The van der Waals surface area contributed by atoms with Crippen molar-refractivity contribution in [2.24, 2.45) is 7.05 Å². The Kier molecular flexibility index (Phi) is 3.57. The molecule has 2 heterocycles. The van der Waals surface area contributed by atoms with Crippen molar-refractivity contribution in [2.45, 2.75) is 6.54 Å². The van der Waals surface area contributed by atoms with Crippen LogP contribution in [0.15, 0.2) is 30.7 Å². The third-order valence-corrected chi connectivity index (χ3v) is 2.46. The molecule has 0 aliphatic carbocycles. The predicted molar refractivity (Wildman–Crippen MR) is 68.2 cm³/mol. The maximum absolute atomic E-state index is 11.8. The highest BCUT2D eigenvalue weighted by molar-refractivity contribution is 5.90. The summed E-state index contributed by atoms with van der Waals surface area (Å²) in [7, 11) is 3.68. The summed E-state index contributed by atoms with van der Waals surface area (Å²) in [6, 6.07) is 3.65. The van der Waals surface area contributed by atoms with Gasteiger partial charge in [0.1, 0.15) is 5.82 Å². The van der Waals surface area contributed by atoms with E-state index in [0.29, 0.717) is 12.4 Å². The highest BCUT2D eigenvalue weighted by atomic mass is 16.2. The number of aromatic nitrogens is 3. The van der Waals surface area contributed by atoms with Gasteiger partial charge in [0.25, 0.3) is 5.91 Å². The molecule has 0 aliphatic rings.